The van der Waals surface area contributed by atoms with Crippen LogP contribution in [0.4, 0.5) is 5.69 Å². The minimum absolute atomic E-state index is 0.00181. The van der Waals surface area contributed by atoms with Gasteiger partial charge in [0.25, 0.3) is 0 Å². The standard InChI is InChI=1S/C30H42N2O3/c1-28(2,19-35-5)32(20-9-7-6-8-10-20)27(34)25-12-11-23-22-18-31-26-17-21(33)13-15-30(26,4)24(22)14-16-29(23,25)3/h6-10,17,22-25,31H,11-16,18-19H2,1-5H3/t22-,23-,24+,25?,29-,30+/m0/s1. The lowest BCUT2D eigenvalue weighted by Crippen LogP contribution is -2.59. The highest BCUT2D eigenvalue weighted by Gasteiger charge is 2.61. The maximum absolute atomic E-state index is 14.4. The van der Waals surface area contributed by atoms with Gasteiger partial charge in [-0.1, -0.05) is 32.0 Å². The Kier molecular flexibility index (Phi) is 6.14. The number of nitrogens with one attached hydrogen (secondary N) is 1. The van der Waals surface area contributed by atoms with Crippen molar-refractivity contribution in [2.75, 3.05) is 25.2 Å². The van der Waals surface area contributed by atoms with Crippen molar-refractivity contribution in [3.8, 4) is 0 Å². The van der Waals surface area contributed by atoms with Crippen LogP contribution in [-0.2, 0) is 14.3 Å². The van der Waals surface area contributed by atoms with Gasteiger partial charge in [-0.25, -0.2) is 0 Å². The molecule has 6 atom stereocenters. The number of piperidine rings is 1. The van der Waals surface area contributed by atoms with Crippen LogP contribution in [0.5, 0.6) is 0 Å². The van der Waals surface area contributed by atoms with Crippen molar-refractivity contribution in [2.45, 2.75) is 71.8 Å². The van der Waals surface area contributed by atoms with E-state index in [9.17, 15) is 9.59 Å². The fraction of sp³-hybridized carbons (Fsp3) is 0.667. The number of para-hydroxylation sites is 1. The molecule has 5 heteroatoms. The van der Waals surface area contributed by atoms with Crippen LogP contribution >= 0.6 is 0 Å². The Bertz CT molecular complexity index is 1020. The summed E-state index contributed by atoms with van der Waals surface area (Å²) >= 11 is 0. The third kappa shape index (κ3) is 3.85. The molecule has 5 rings (SSSR count). The molecule has 0 aromatic heterocycles. The lowest BCUT2D eigenvalue weighted by atomic mass is 9.50. The first-order valence-corrected chi connectivity index (χ1v) is 13.5. The zero-order valence-corrected chi connectivity index (χ0v) is 22.1. The van der Waals surface area contributed by atoms with Crippen molar-refractivity contribution >= 4 is 17.4 Å². The van der Waals surface area contributed by atoms with Gasteiger partial charge < -0.3 is 15.0 Å². The van der Waals surface area contributed by atoms with E-state index in [0.717, 1.165) is 44.3 Å². The molecular formula is C30H42N2O3. The van der Waals surface area contributed by atoms with E-state index in [1.807, 2.05) is 41.3 Å². The minimum Gasteiger partial charge on any atom is -0.387 e. The van der Waals surface area contributed by atoms with Gasteiger partial charge in [0, 0.05) is 48.9 Å². The van der Waals surface area contributed by atoms with E-state index in [1.54, 1.807) is 7.11 Å². The molecule has 1 saturated heterocycles. The second-order valence-corrected chi connectivity index (χ2v) is 12.6. The van der Waals surface area contributed by atoms with Gasteiger partial charge in [-0.05, 0) is 81.3 Å². The van der Waals surface area contributed by atoms with E-state index in [1.165, 1.54) is 5.70 Å². The molecule has 1 amide bonds. The quantitative estimate of drug-likeness (QED) is 0.619. The first kappa shape index (κ1) is 24.5. The molecule has 1 unspecified atom stereocenters. The third-order valence-electron chi connectivity index (χ3n) is 10.2. The van der Waals surface area contributed by atoms with E-state index in [-0.39, 0.29) is 28.4 Å². The summed E-state index contributed by atoms with van der Waals surface area (Å²) in [5.41, 5.74) is 1.75. The Balaban J connectivity index is 1.44. The summed E-state index contributed by atoms with van der Waals surface area (Å²) in [7, 11) is 1.71. The Hall–Kier alpha value is -2.14. The number of rotatable bonds is 5. The molecule has 1 N–H and O–H groups in total. The number of carbonyl (C=O) groups excluding carboxylic acids is 2. The zero-order valence-electron chi connectivity index (χ0n) is 22.1. The molecule has 2 saturated carbocycles. The fourth-order valence-corrected chi connectivity index (χ4v) is 8.48. The van der Waals surface area contributed by atoms with E-state index in [0.29, 0.717) is 30.8 Å². The number of nitrogens with zero attached hydrogens (tertiary/aromatic N) is 1. The number of amides is 1. The van der Waals surface area contributed by atoms with Crippen LogP contribution < -0.4 is 10.2 Å². The number of methoxy groups -OCH3 is 1. The van der Waals surface area contributed by atoms with Crippen LogP contribution in [0.15, 0.2) is 42.1 Å². The zero-order chi connectivity index (χ0) is 25.0. The van der Waals surface area contributed by atoms with Crippen molar-refractivity contribution in [3.05, 3.63) is 42.1 Å². The minimum atomic E-state index is -0.437. The van der Waals surface area contributed by atoms with Crippen molar-refractivity contribution in [1.82, 2.24) is 5.32 Å². The molecule has 190 valence electrons. The number of allylic oxidation sites excluding steroid dienone is 2. The third-order valence-corrected chi connectivity index (χ3v) is 10.2. The SMILES string of the molecule is COCC(C)(C)N(C(=O)C1CC[C@H]2[C@@H]3CNC4=CC(=O)CC[C@]4(C)[C@@H]3CC[C@]12C)c1ccccc1. The summed E-state index contributed by atoms with van der Waals surface area (Å²) < 4.78 is 5.56. The number of ether oxygens (including phenoxy) is 1. The summed E-state index contributed by atoms with van der Waals surface area (Å²) in [6, 6.07) is 10.1. The maximum Gasteiger partial charge on any atom is 0.231 e. The number of ketones is 1. The topological polar surface area (TPSA) is 58.6 Å². The molecule has 0 bridgehead atoms. The average molecular weight is 479 g/mol. The number of anilines is 1. The average Bonchev–Trinajstić information content (AvgIpc) is 3.17. The molecule has 4 aliphatic rings. The largest absolute Gasteiger partial charge is 0.387 e. The van der Waals surface area contributed by atoms with Crippen LogP contribution in [0.25, 0.3) is 0 Å². The highest BCUT2D eigenvalue weighted by atomic mass is 16.5. The molecular weight excluding hydrogens is 436 g/mol. The smallest absolute Gasteiger partial charge is 0.231 e. The van der Waals surface area contributed by atoms with Gasteiger partial charge >= 0.3 is 0 Å². The Morgan fingerprint density at radius 3 is 2.57 bits per heavy atom. The number of benzene rings is 1. The van der Waals surface area contributed by atoms with Crippen molar-refractivity contribution < 1.29 is 14.3 Å². The van der Waals surface area contributed by atoms with Crippen LogP contribution in [0.2, 0.25) is 0 Å². The van der Waals surface area contributed by atoms with Crippen LogP contribution in [0.1, 0.15) is 66.2 Å². The number of hydrogen-bond acceptors (Lipinski definition) is 4. The Labute approximate surface area is 210 Å². The van der Waals surface area contributed by atoms with E-state index < -0.39 is 5.54 Å². The predicted octanol–water partition coefficient (Wildman–Crippen LogP) is 5.36. The number of hydrogen-bond donors (Lipinski definition) is 1. The second-order valence-electron chi connectivity index (χ2n) is 12.6. The Morgan fingerprint density at radius 2 is 1.86 bits per heavy atom. The van der Waals surface area contributed by atoms with Crippen LogP contribution in [0, 0.1) is 34.5 Å². The molecule has 3 aliphatic carbocycles. The van der Waals surface area contributed by atoms with Gasteiger partial charge in [0.2, 0.25) is 5.91 Å². The molecule has 1 aliphatic heterocycles. The van der Waals surface area contributed by atoms with Crippen LogP contribution in [0.3, 0.4) is 0 Å². The molecule has 3 fully saturated rings. The lowest BCUT2D eigenvalue weighted by molar-refractivity contribution is -0.131. The van der Waals surface area contributed by atoms with E-state index in [4.69, 9.17) is 4.74 Å². The number of fused-ring (bicyclic) bond motifs is 5. The van der Waals surface area contributed by atoms with E-state index >= 15 is 0 Å². The second kappa shape index (κ2) is 8.76. The number of carbonyl (C=O) groups is 2. The van der Waals surface area contributed by atoms with Crippen molar-refractivity contribution in [3.63, 3.8) is 0 Å². The summed E-state index contributed by atoms with van der Waals surface area (Å²) in [5.74, 6) is 2.20. The summed E-state index contributed by atoms with van der Waals surface area (Å²) in [5, 5.41) is 3.68. The predicted molar refractivity (Wildman–Crippen MR) is 139 cm³/mol. The van der Waals surface area contributed by atoms with Crippen molar-refractivity contribution in [1.29, 1.82) is 0 Å². The monoisotopic (exact) mass is 478 g/mol. The van der Waals surface area contributed by atoms with Gasteiger partial charge in [0.05, 0.1) is 12.1 Å². The maximum atomic E-state index is 14.4. The highest BCUT2D eigenvalue weighted by molar-refractivity contribution is 5.97. The lowest BCUT2D eigenvalue weighted by Gasteiger charge is -2.58. The first-order valence-electron chi connectivity index (χ1n) is 13.5. The summed E-state index contributed by atoms with van der Waals surface area (Å²) in [6.45, 7) is 10.4. The van der Waals surface area contributed by atoms with Gasteiger partial charge in [0.15, 0.2) is 5.78 Å². The molecule has 0 spiro atoms. The van der Waals surface area contributed by atoms with Gasteiger partial charge in [-0.2, -0.15) is 0 Å². The molecule has 35 heavy (non-hydrogen) atoms. The molecule has 1 heterocycles. The first-order chi connectivity index (χ1) is 16.6. The van der Waals surface area contributed by atoms with E-state index in [2.05, 4.69) is 33.0 Å². The molecule has 0 radical (unpaired) electrons. The molecule has 1 aromatic rings. The highest BCUT2D eigenvalue weighted by Crippen LogP contribution is 2.64. The summed E-state index contributed by atoms with van der Waals surface area (Å²) in [6.07, 6.45) is 7.77. The van der Waals surface area contributed by atoms with Crippen LogP contribution in [-0.4, -0.2) is 37.5 Å². The van der Waals surface area contributed by atoms with Gasteiger partial charge in [-0.3, -0.25) is 9.59 Å². The van der Waals surface area contributed by atoms with Crippen molar-refractivity contribution in [2.24, 2.45) is 34.5 Å². The fourth-order valence-electron chi connectivity index (χ4n) is 8.48. The normalized spacial score (nSPS) is 36.4. The molecule has 5 nitrogen and oxygen atoms in total. The van der Waals surface area contributed by atoms with Gasteiger partial charge in [0.1, 0.15) is 0 Å². The Morgan fingerprint density at radius 1 is 1.11 bits per heavy atom. The molecule has 1 aromatic carbocycles. The van der Waals surface area contributed by atoms with Gasteiger partial charge in [-0.15, -0.1) is 0 Å². The summed E-state index contributed by atoms with van der Waals surface area (Å²) in [4.78, 5) is 28.6.